The van der Waals surface area contributed by atoms with E-state index >= 15 is 0 Å². The molecule has 0 spiro atoms. The Kier molecular flexibility index (Phi) is 4.28. The van der Waals surface area contributed by atoms with Crippen LogP contribution in [0.3, 0.4) is 0 Å². The Morgan fingerprint density at radius 2 is 1.81 bits per heavy atom. The first-order valence-corrected chi connectivity index (χ1v) is 6.45. The molecule has 2 rings (SSSR count). The van der Waals surface area contributed by atoms with Gasteiger partial charge in [-0.05, 0) is 48.7 Å². The molecule has 0 fully saturated rings. The number of carboxylic acids is 1. The molecule has 0 saturated heterocycles. The smallest absolute Gasteiger partial charge is 0.371 e. The molecular weight excluding hydrogens is 268 g/mol. The highest BCUT2D eigenvalue weighted by atomic mass is 16.5. The number of hydrogen-bond acceptors (Lipinski definition) is 3. The lowest BCUT2D eigenvalue weighted by Crippen LogP contribution is -2.07. The van der Waals surface area contributed by atoms with Crippen LogP contribution in [0.15, 0.2) is 48.2 Å². The zero-order valence-corrected chi connectivity index (χ0v) is 11.8. The van der Waals surface area contributed by atoms with Crippen molar-refractivity contribution < 1.29 is 19.7 Å². The summed E-state index contributed by atoms with van der Waals surface area (Å²) in [4.78, 5) is 11.3. The van der Waals surface area contributed by atoms with Gasteiger partial charge in [0.25, 0.3) is 0 Å². The molecule has 0 amide bonds. The maximum absolute atomic E-state index is 11.3. The van der Waals surface area contributed by atoms with Crippen molar-refractivity contribution in [2.45, 2.75) is 13.8 Å². The lowest BCUT2D eigenvalue weighted by atomic mass is 10.1. The molecule has 21 heavy (non-hydrogen) atoms. The average molecular weight is 284 g/mol. The van der Waals surface area contributed by atoms with E-state index in [0.717, 1.165) is 16.7 Å². The van der Waals surface area contributed by atoms with Crippen LogP contribution in [0.2, 0.25) is 0 Å². The third-order valence-corrected chi connectivity index (χ3v) is 3.12. The first-order chi connectivity index (χ1) is 9.97. The summed E-state index contributed by atoms with van der Waals surface area (Å²) in [7, 11) is 0. The molecule has 0 aliphatic carbocycles. The molecule has 2 N–H and O–H groups in total. The molecule has 0 radical (unpaired) electrons. The summed E-state index contributed by atoms with van der Waals surface area (Å²) in [6, 6.07) is 11.9. The van der Waals surface area contributed by atoms with Gasteiger partial charge in [-0.25, -0.2) is 4.79 Å². The Balaban J connectivity index is 2.35. The van der Waals surface area contributed by atoms with Gasteiger partial charge in [0, 0.05) is 0 Å². The minimum absolute atomic E-state index is 0.106. The number of ether oxygens (including phenoxy) is 1. The van der Waals surface area contributed by atoms with Crippen molar-refractivity contribution in [3.8, 4) is 11.5 Å². The van der Waals surface area contributed by atoms with Gasteiger partial charge in [-0.15, -0.1) is 0 Å². The van der Waals surface area contributed by atoms with E-state index in [-0.39, 0.29) is 17.3 Å². The van der Waals surface area contributed by atoms with Crippen LogP contribution in [0, 0.1) is 13.8 Å². The number of aliphatic carboxylic acids is 1. The van der Waals surface area contributed by atoms with Crippen LogP contribution < -0.4 is 4.74 Å². The number of carbonyl (C=O) groups is 1. The minimum Gasteiger partial charge on any atom is -0.504 e. The molecule has 4 heteroatoms. The molecule has 0 bridgehead atoms. The van der Waals surface area contributed by atoms with Crippen LogP contribution in [0.4, 0.5) is 0 Å². The van der Waals surface area contributed by atoms with E-state index in [9.17, 15) is 15.0 Å². The Hall–Kier alpha value is -2.75. The van der Waals surface area contributed by atoms with E-state index in [0.29, 0.717) is 0 Å². The second-order valence-electron chi connectivity index (χ2n) is 4.73. The molecule has 0 saturated carbocycles. The number of benzene rings is 2. The van der Waals surface area contributed by atoms with Crippen molar-refractivity contribution in [3.63, 3.8) is 0 Å². The predicted octanol–water partition coefficient (Wildman–Crippen LogP) is 3.51. The molecule has 2 aromatic rings. The highest BCUT2D eigenvalue weighted by molar-refractivity contribution is 5.90. The van der Waals surface area contributed by atoms with Gasteiger partial charge in [0.2, 0.25) is 5.76 Å². The summed E-state index contributed by atoms with van der Waals surface area (Å²) in [6.07, 6.45) is 1.43. The summed E-state index contributed by atoms with van der Waals surface area (Å²) in [5.74, 6) is -1.45. The number of hydrogen-bond donors (Lipinski definition) is 2. The van der Waals surface area contributed by atoms with Crippen molar-refractivity contribution in [3.05, 3.63) is 64.9 Å². The quantitative estimate of drug-likeness (QED) is 0.666. The highest BCUT2D eigenvalue weighted by Crippen LogP contribution is 2.27. The zero-order valence-electron chi connectivity index (χ0n) is 11.8. The van der Waals surface area contributed by atoms with Gasteiger partial charge in [0.15, 0.2) is 11.5 Å². The molecular formula is C17H16O4. The van der Waals surface area contributed by atoms with Gasteiger partial charge >= 0.3 is 5.97 Å². The summed E-state index contributed by atoms with van der Waals surface area (Å²) in [5.41, 5.74) is 2.92. The van der Waals surface area contributed by atoms with E-state index in [2.05, 4.69) is 0 Å². The number of aryl methyl sites for hydroxylation is 2. The lowest BCUT2D eigenvalue weighted by Gasteiger charge is -2.08. The topological polar surface area (TPSA) is 66.8 Å². The third kappa shape index (κ3) is 3.63. The number of carboxylic acid groups (broad SMARTS) is 1. The van der Waals surface area contributed by atoms with Crippen molar-refractivity contribution >= 4 is 12.0 Å². The van der Waals surface area contributed by atoms with E-state index < -0.39 is 5.97 Å². The Labute approximate surface area is 122 Å². The molecule has 0 heterocycles. The first kappa shape index (κ1) is 14.7. The fraction of sp³-hybridized carbons (Fsp3) is 0.118. The SMILES string of the molecule is Cc1ccc(C=C(Oc2ccccc2O)C(=O)O)cc1C. The van der Waals surface area contributed by atoms with Crippen LogP contribution in [0.1, 0.15) is 16.7 Å². The van der Waals surface area contributed by atoms with Gasteiger partial charge in [-0.1, -0.05) is 30.3 Å². The molecule has 0 unspecified atom stereocenters. The average Bonchev–Trinajstić information content (AvgIpc) is 2.44. The number of phenols is 1. The van der Waals surface area contributed by atoms with Crippen molar-refractivity contribution in [1.29, 1.82) is 0 Å². The second-order valence-corrected chi connectivity index (χ2v) is 4.73. The normalized spacial score (nSPS) is 11.2. The maximum atomic E-state index is 11.3. The monoisotopic (exact) mass is 284 g/mol. The summed E-state index contributed by atoms with van der Waals surface area (Å²) in [5, 5.41) is 18.9. The zero-order chi connectivity index (χ0) is 15.4. The molecule has 108 valence electrons. The van der Waals surface area contributed by atoms with Crippen LogP contribution in [-0.2, 0) is 4.79 Å². The van der Waals surface area contributed by atoms with Crippen LogP contribution in [0.25, 0.3) is 6.08 Å². The molecule has 0 aromatic heterocycles. The number of rotatable bonds is 4. The highest BCUT2D eigenvalue weighted by Gasteiger charge is 2.12. The number of phenolic OH excluding ortho intramolecular Hbond substituents is 1. The molecule has 0 aliphatic heterocycles. The molecule has 0 aliphatic rings. The molecule has 2 aromatic carbocycles. The fourth-order valence-electron chi connectivity index (χ4n) is 1.80. The summed E-state index contributed by atoms with van der Waals surface area (Å²) >= 11 is 0. The minimum atomic E-state index is -1.20. The third-order valence-electron chi connectivity index (χ3n) is 3.12. The number of para-hydroxylation sites is 2. The van der Waals surface area contributed by atoms with Crippen molar-refractivity contribution in [1.82, 2.24) is 0 Å². The number of aromatic hydroxyl groups is 1. The van der Waals surface area contributed by atoms with Crippen molar-refractivity contribution in [2.24, 2.45) is 0 Å². The predicted molar refractivity (Wildman–Crippen MR) is 80.3 cm³/mol. The molecule has 0 atom stereocenters. The largest absolute Gasteiger partial charge is 0.504 e. The maximum Gasteiger partial charge on any atom is 0.371 e. The fourth-order valence-corrected chi connectivity index (χ4v) is 1.80. The van der Waals surface area contributed by atoms with E-state index in [1.807, 2.05) is 32.0 Å². The molecule has 4 nitrogen and oxygen atoms in total. The first-order valence-electron chi connectivity index (χ1n) is 6.45. The van der Waals surface area contributed by atoms with Gasteiger partial charge in [-0.3, -0.25) is 0 Å². The Morgan fingerprint density at radius 3 is 2.43 bits per heavy atom. The van der Waals surface area contributed by atoms with E-state index in [1.54, 1.807) is 12.1 Å². The van der Waals surface area contributed by atoms with Crippen LogP contribution in [-0.4, -0.2) is 16.2 Å². The van der Waals surface area contributed by atoms with Crippen LogP contribution >= 0.6 is 0 Å². The summed E-state index contributed by atoms with van der Waals surface area (Å²) in [6.45, 7) is 3.94. The van der Waals surface area contributed by atoms with E-state index in [1.165, 1.54) is 18.2 Å². The Bertz CT molecular complexity index is 702. The Morgan fingerprint density at radius 1 is 1.10 bits per heavy atom. The van der Waals surface area contributed by atoms with Gasteiger partial charge in [0.05, 0.1) is 0 Å². The lowest BCUT2D eigenvalue weighted by molar-refractivity contribution is -0.134. The van der Waals surface area contributed by atoms with Gasteiger partial charge < -0.3 is 14.9 Å². The second kappa shape index (κ2) is 6.13. The van der Waals surface area contributed by atoms with Crippen LogP contribution in [0.5, 0.6) is 11.5 Å². The van der Waals surface area contributed by atoms with Gasteiger partial charge in [-0.2, -0.15) is 0 Å². The van der Waals surface area contributed by atoms with Gasteiger partial charge in [0.1, 0.15) is 0 Å². The summed E-state index contributed by atoms with van der Waals surface area (Å²) < 4.78 is 5.29. The van der Waals surface area contributed by atoms with E-state index in [4.69, 9.17) is 4.74 Å². The van der Waals surface area contributed by atoms with Crippen molar-refractivity contribution in [2.75, 3.05) is 0 Å². The standard InChI is InChI=1S/C17H16O4/c1-11-7-8-13(9-12(11)2)10-16(17(19)20)21-15-6-4-3-5-14(15)18/h3-10,18H,1-2H3,(H,19,20).